The maximum atomic E-state index is 10.6. The fourth-order valence-electron chi connectivity index (χ4n) is 1.06. The van der Waals surface area contributed by atoms with Crippen LogP contribution in [0.4, 0.5) is 0 Å². The molecule has 0 aliphatic carbocycles. The monoisotopic (exact) mass is 209 g/mol. The van der Waals surface area contributed by atoms with Crippen molar-refractivity contribution in [2.45, 2.75) is 25.9 Å². The minimum atomic E-state index is -1.50. The SMILES string of the molecule is CCCOc1cncc(C(C)(O)C=O)c1. The predicted octanol–water partition coefficient (Wildman–Crippen LogP) is 1.28. The number of carbonyl (C=O) groups is 1. The van der Waals surface area contributed by atoms with Gasteiger partial charge in [0.05, 0.1) is 12.8 Å². The molecule has 1 rings (SSSR count). The second-order valence-electron chi connectivity index (χ2n) is 3.52. The van der Waals surface area contributed by atoms with Gasteiger partial charge in [0.25, 0.3) is 0 Å². The number of ether oxygens (including phenoxy) is 1. The first-order chi connectivity index (χ1) is 7.10. The molecule has 0 bridgehead atoms. The van der Waals surface area contributed by atoms with Crippen LogP contribution in [0.15, 0.2) is 18.5 Å². The lowest BCUT2D eigenvalue weighted by Crippen LogP contribution is -2.22. The summed E-state index contributed by atoms with van der Waals surface area (Å²) >= 11 is 0. The fraction of sp³-hybridized carbons (Fsp3) is 0.455. The molecule has 0 radical (unpaired) electrons. The van der Waals surface area contributed by atoms with Crippen LogP contribution in [0.2, 0.25) is 0 Å². The van der Waals surface area contributed by atoms with Crippen molar-refractivity contribution >= 4 is 6.29 Å². The van der Waals surface area contributed by atoms with Gasteiger partial charge in [-0.15, -0.1) is 0 Å². The van der Waals surface area contributed by atoms with E-state index in [-0.39, 0.29) is 0 Å². The molecule has 4 heteroatoms. The smallest absolute Gasteiger partial charge is 0.155 e. The van der Waals surface area contributed by atoms with Crippen LogP contribution in [0.3, 0.4) is 0 Å². The minimum absolute atomic E-state index is 0.436. The Kier molecular flexibility index (Phi) is 3.80. The van der Waals surface area contributed by atoms with E-state index in [0.717, 1.165) is 6.42 Å². The van der Waals surface area contributed by atoms with E-state index in [4.69, 9.17) is 4.74 Å². The van der Waals surface area contributed by atoms with Crippen molar-refractivity contribution in [1.29, 1.82) is 0 Å². The number of aldehydes is 1. The standard InChI is InChI=1S/C11H15NO3/c1-3-4-15-10-5-9(6-12-7-10)11(2,14)8-13/h5-8,14H,3-4H2,1-2H3. The first-order valence-corrected chi connectivity index (χ1v) is 4.87. The third-order valence-corrected chi connectivity index (χ3v) is 2.00. The summed E-state index contributed by atoms with van der Waals surface area (Å²) in [5, 5.41) is 9.68. The van der Waals surface area contributed by atoms with Gasteiger partial charge in [0.15, 0.2) is 6.29 Å². The van der Waals surface area contributed by atoms with Crippen molar-refractivity contribution in [1.82, 2.24) is 4.98 Å². The van der Waals surface area contributed by atoms with Gasteiger partial charge in [-0.25, -0.2) is 0 Å². The molecule has 0 saturated carbocycles. The van der Waals surface area contributed by atoms with Crippen molar-refractivity contribution in [2.75, 3.05) is 6.61 Å². The molecular formula is C11H15NO3. The van der Waals surface area contributed by atoms with Gasteiger partial charge in [-0.05, 0) is 19.4 Å². The molecule has 1 aromatic heterocycles. The molecule has 15 heavy (non-hydrogen) atoms. The predicted molar refractivity (Wildman–Crippen MR) is 55.7 cm³/mol. The molecule has 0 fully saturated rings. The van der Waals surface area contributed by atoms with Gasteiger partial charge in [0, 0.05) is 11.8 Å². The summed E-state index contributed by atoms with van der Waals surface area (Å²) in [5.74, 6) is 0.566. The highest BCUT2D eigenvalue weighted by atomic mass is 16.5. The molecule has 1 heterocycles. The van der Waals surface area contributed by atoms with Crippen molar-refractivity contribution in [3.05, 3.63) is 24.0 Å². The average Bonchev–Trinajstić information content (AvgIpc) is 2.27. The van der Waals surface area contributed by atoms with Crippen molar-refractivity contribution in [2.24, 2.45) is 0 Å². The Bertz CT molecular complexity index is 336. The Morgan fingerprint density at radius 1 is 1.60 bits per heavy atom. The number of aliphatic hydroxyl groups is 1. The van der Waals surface area contributed by atoms with Gasteiger partial charge in [-0.3, -0.25) is 9.78 Å². The lowest BCUT2D eigenvalue weighted by molar-refractivity contribution is -0.123. The molecule has 1 N–H and O–H groups in total. The summed E-state index contributed by atoms with van der Waals surface area (Å²) in [6.45, 7) is 4.01. The zero-order chi connectivity index (χ0) is 11.3. The van der Waals surface area contributed by atoms with Gasteiger partial charge in [0.1, 0.15) is 11.4 Å². The third kappa shape index (κ3) is 3.02. The minimum Gasteiger partial charge on any atom is -0.492 e. The molecule has 0 aliphatic heterocycles. The second kappa shape index (κ2) is 4.89. The van der Waals surface area contributed by atoms with Gasteiger partial charge in [-0.2, -0.15) is 0 Å². The van der Waals surface area contributed by atoms with E-state index < -0.39 is 5.60 Å². The number of nitrogens with zero attached hydrogens (tertiary/aromatic N) is 1. The number of rotatable bonds is 5. The largest absolute Gasteiger partial charge is 0.492 e. The van der Waals surface area contributed by atoms with Crippen molar-refractivity contribution in [3.8, 4) is 5.75 Å². The van der Waals surface area contributed by atoms with Crippen LogP contribution in [0.25, 0.3) is 0 Å². The zero-order valence-corrected chi connectivity index (χ0v) is 8.93. The van der Waals surface area contributed by atoms with Crippen LogP contribution in [0.5, 0.6) is 5.75 Å². The Labute approximate surface area is 88.9 Å². The highest BCUT2D eigenvalue weighted by Crippen LogP contribution is 2.21. The molecular weight excluding hydrogens is 194 g/mol. The highest BCUT2D eigenvalue weighted by Gasteiger charge is 2.22. The van der Waals surface area contributed by atoms with E-state index >= 15 is 0 Å². The van der Waals surface area contributed by atoms with Crippen LogP contribution < -0.4 is 4.74 Å². The van der Waals surface area contributed by atoms with Crippen LogP contribution in [0, 0.1) is 0 Å². The molecule has 0 spiro atoms. The fourth-order valence-corrected chi connectivity index (χ4v) is 1.06. The Morgan fingerprint density at radius 3 is 2.93 bits per heavy atom. The molecule has 4 nitrogen and oxygen atoms in total. The normalized spacial score (nSPS) is 14.3. The van der Waals surface area contributed by atoms with Gasteiger partial charge in [-0.1, -0.05) is 6.92 Å². The maximum absolute atomic E-state index is 10.6. The van der Waals surface area contributed by atoms with Crippen LogP contribution in [0.1, 0.15) is 25.8 Å². The molecule has 0 amide bonds. The highest BCUT2D eigenvalue weighted by molar-refractivity contribution is 5.64. The van der Waals surface area contributed by atoms with Gasteiger partial charge < -0.3 is 9.84 Å². The van der Waals surface area contributed by atoms with E-state index in [2.05, 4.69) is 4.98 Å². The summed E-state index contributed by atoms with van der Waals surface area (Å²) in [6.07, 6.45) is 4.38. The first-order valence-electron chi connectivity index (χ1n) is 4.87. The second-order valence-corrected chi connectivity index (χ2v) is 3.52. The number of aromatic nitrogens is 1. The van der Waals surface area contributed by atoms with E-state index in [1.165, 1.54) is 13.1 Å². The van der Waals surface area contributed by atoms with Gasteiger partial charge >= 0.3 is 0 Å². The van der Waals surface area contributed by atoms with E-state index in [1.54, 1.807) is 12.3 Å². The summed E-state index contributed by atoms with van der Waals surface area (Å²) in [4.78, 5) is 14.5. The quantitative estimate of drug-likeness (QED) is 0.742. The molecule has 1 atom stereocenters. The molecule has 0 saturated heterocycles. The van der Waals surface area contributed by atoms with Crippen molar-refractivity contribution in [3.63, 3.8) is 0 Å². The van der Waals surface area contributed by atoms with Gasteiger partial charge in [0.2, 0.25) is 0 Å². The Balaban J connectivity index is 2.87. The third-order valence-electron chi connectivity index (χ3n) is 2.00. The summed E-state index contributed by atoms with van der Waals surface area (Å²) in [7, 11) is 0. The summed E-state index contributed by atoms with van der Waals surface area (Å²) in [5.41, 5.74) is -1.07. The van der Waals surface area contributed by atoms with Crippen LogP contribution in [-0.2, 0) is 10.4 Å². The number of carbonyl (C=O) groups excluding carboxylic acids is 1. The van der Waals surface area contributed by atoms with E-state index in [9.17, 15) is 9.90 Å². The molecule has 82 valence electrons. The first kappa shape index (κ1) is 11.7. The average molecular weight is 209 g/mol. The molecule has 1 unspecified atom stereocenters. The lowest BCUT2D eigenvalue weighted by atomic mass is 10.00. The molecule has 0 aromatic carbocycles. The number of hydrogen-bond acceptors (Lipinski definition) is 4. The number of hydrogen-bond donors (Lipinski definition) is 1. The maximum Gasteiger partial charge on any atom is 0.155 e. The van der Waals surface area contributed by atoms with Crippen molar-refractivity contribution < 1.29 is 14.6 Å². The summed E-state index contributed by atoms with van der Waals surface area (Å²) < 4.78 is 5.35. The lowest BCUT2D eigenvalue weighted by Gasteiger charge is -2.16. The molecule has 1 aromatic rings. The van der Waals surface area contributed by atoms with Crippen LogP contribution >= 0.6 is 0 Å². The topological polar surface area (TPSA) is 59.4 Å². The zero-order valence-electron chi connectivity index (χ0n) is 8.93. The summed E-state index contributed by atoms with van der Waals surface area (Å²) in [6, 6.07) is 1.62. The molecule has 0 aliphatic rings. The number of pyridine rings is 1. The van der Waals surface area contributed by atoms with E-state index in [0.29, 0.717) is 24.2 Å². The Hall–Kier alpha value is -1.42. The van der Waals surface area contributed by atoms with E-state index in [1.807, 2.05) is 6.92 Å². The Morgan fingerprint density at radius 2 is 2.33 bits per heavy atom. The van der Waals surface area contributed by atoms with Crippen LogP contribution in [-0.4, -0.2) is 23.0 Å².